The number of carbonyl (C=O) groups excluding carboxylic acids is 1. The molecule has 4 rings (SSSR count). The van der Waals surface area contributed by atoms with Gasteiger partial charge in [-0.2, -0.15) is 4.98 Å². The van der Waals surface area contributed by atoms with E-state index in [1.54, 1.807) is 25.2 Å². The van der Waals surface area contributed by atoms with E-state index in [0.717, 1.165) is 6.20 Å². The molecule has 2 aromatic heterocycles. The molecule has 0 bridgehead atoms. The van der Waals surface area contributed by atoms with Crippen molar-refractivity contribution in [3.8, 4) is 5.75 Å². The van der Waals surface area contributed by atoms with Gasteiger partial charge in [0.05, 0.1) is 11.7 Å². The van der Waals surface area contributed by atoms with E-state index in [1.165, 1.54) is 17.7 Å². The first-order valence-corrected chi connectivity index (χ1v) is 11.0. The Kier molecular flexibility index (Phi) is 6.90. The fraction of sp³-hybridized carbons (Fsp3) is 0.391. The first kappa shape index (κ1) is 23.4. The topological polar surface area (TPSA) is 101 Å². The van der Waals surface area contributed by atoms with Crippen LogP contribution >= 0.6 is 0 Å². The third-order valence-corrected chi connectivity index (χ3v) is 5.76. The summed E-state index contributed by atoms with van der Waals surface area (Å²) < 4.78 is 35.0. The summed E-state index contributed by atoms with van der Waals surface area (Å²) in [6.45, 7) is 0.785. The van der Waals surface area contributed by atoms with Gasteiger partial charge in [-0.25, -0.2) is 13.8 Å². The van der Waals surface area contributed by atoms with Crippen molar-refractivity contribution in [2.24, 2.45) is 7.05 Å². The van der Waals surface area contributed by atoms with Gasteiger partial charge in [0.2, 0.25) is 5.95 Å². The Morgan fingerprint density at radius 1 is 1.26 bits per heavy atom. The summed E-state index contributed by atoms with van der Waals surface area (Å²) in [6, 6.07) is 6.69. The minimum absolute atomic E-state index is 0.00805. The van der Waals surface area contributed by atoms with Gasteiger partial charge in [-0.05, 0) is 43.5 Å². The monoisotopic (exact) mass is 472 g/mol. The number of aromatic nitrogens is 3. The summed E-state index contributed by atoms with van der Waals surface area (Å²) in [7, 11) is 3.08. The molecule has 0 spiro atoms. The molecule has 0 saturated carbocycles. The molecule has 1 fully saturated rings. The molecular weight excluding hydrogens is 446 g/mol. The van der Waals surface area contributed by atoms with Crippen LogP contribution in [0.3, 0.4) is 0 Å². The van der Waals surface area contributed by atoms with E-state index in [-0.39, 0.29) is 29.6 Å². The number of nitrogens with one attached hydrogen (secondary N) is 2. The summed E-state index contributed by atoms with van der Waals surface area (Å²) in [5.74, 6) is -0.632. The van der Waals surface area contributed by atoms with Gasteiger partial charge in [0.25, 0.3) is 11.5 Å². The smallest absolute Gasteiger partial charge is 0.293 e. The van der Waals surface area contributed by atoms with Crippen molar-refractivity contribution < 1.29 is 18.3 Å². The van der Waals surface area contributed by atoms with Crippen LogP contribution in [-0.2, 0) is 11.8 Å². The summed E-state index contributed by atoms with van der Waals surface area (Å²) in [5, 5.41) is 6.04. The van der Waals surface area contributed by atoms with Crippen LogP contribution in [0.15, 0.2) is 35.3 Å². The Morgan fingerprint density at radius 3 is 2.88 bits per heavy atom. The van der Waals surface area contributed by atoms with E-state index >= 15 is 0 Å². The highest BCUT2D eigenvalue weighted by molar-refractivity contribution is 5.85. The van der Waals surface area contributed by atoms with Crippen LogP contribution in [0.1, 0.15) is 19.3 Å². The summed E-state index contributed by atoms with van der Waals surface area (Å²) in [5.41, 5.74) is 0.792. The molecule has 1 amide bonds. The van der Waals surface area contributed by atoms with Crippen LogP contribution in [0, 0.1) is 5.82 Å². The second-order valence-corrected chi connectivity index (χ2v) is 8.11. The Hall–Kier alpha value is -3.76. The van der Waals surface area contributed by atoms with E-state index in [2.05, 4.69) is 20.6 Å². The number of ether oxygens (including phenoxy) is 1. The molecule has 1 atom stereocenters. The lowest BCUT2D eigenvalue weighted by Crippen LogP contribution is -2.27. The predicted molar refractivity (Wildman–Crippen MR) is 125 cm³/mol. The van der Waals surface area contributed by atoms with Crippen LogP contribution in [0.4, 0.5) is 26.2 Å². The van der Waals surface area contributed by atoms with Gasteiger partial charge in [-0.15, -0.1) is 0 Å². The van der Waals surface area contributed by atoms with E-state index in [4.69, 9.17) is 4.74 Å². The first-order valence-electron chi connectivity index (χ1n) is 11.0. The van der Waals surface area contributed by atoms with Gasteiger partial charge in [0.15, 0.2) is 24.0 Å². The number of aryl methyl sites for hydroxylation is 1. The van der Waals surface area contributed by atoms with Crippen LogP contribution in [-0.4, -0.2) is 53.4 Å². The second kappa shape index (κ2) is 10.0. The second-order valence-electron chi connectivity index (χ2n) is 8.11. The maximum absolute atomic E-state index is 14.5. The lowest BCUT2D eigenvalue weighted by Gasteiger charge is -2.20. The highest BCUT2D eigenvalue weighted by Crippen LogP contribution is 2.26. The fourth-order valence-corrected chi connectivity index (χ4v) is 3.84. The van der Waals surface area contributed by atoms with Gasteiger partial charge in [-0.1, -0.05) is 0 Å². The Labute approximate surface area is 194 Å². The van der Waals surface area contributed by atoms with Crippen LogP contribution in [0.2, 0.25) is 0 Å². The molecule has 1 aliphatic rings. The van der Waals surface area contributed by atoms with E-state index in [9.17, 15) is 18.4 Å². The van der Waals surface area contributed by atoms with Crippen molar-refractivity contribution in [2.75, 3.05) is 37.0 Å². The van der Waals surface area contributed by atoms with Crippen molar-refractivity contribution in [1.82, 2.24) is 19.9 Å². The number of halogens is 2. The van der Waals surface area contributed by atoms with Gasteiger partial charge in [0, 0.05) is 38.3 Å². The zero-order valence-electron chi connectivity index (χ0n) is 19.0. The number of fused-ring (bicyclic) bond motifs is 1. The first-order chi connectivity index (χ1) is 16.4. The average molecular weight is 472 g/mol. The van der Waals surface area contributed by atoms with Crippen molar-refractivity contribution in [1.29, 1.82) is 0 Å². The standard InChI is InChI=1S/C23H26F2N6O3/c1-26-20(32)13-34-19-11-14-10-16(5-6-18(14)30(2)22(19)33)28-21-17(25)12-27-23(29-21)31-8-3-4-15(24)7-9-31/h5-6,10-12,15H,3-4,7-9,13H2,1-2H3,(H,26,32)(H,27,28,29). The minimum Gasteiger partial charge on any atom is -0.478 e. The van der Waals surface area contributed by atoms with Gasteiger partial charge in [0.1, 0.15) is 6.17 Å². The number of benzene rings is 1. The number of likely N-dealkylation sites (N-methyl/N-ethyl adjacent to an activating group) is 1. The Bertz CT molecular complexity index is 1270. The molecule has 3 heterocycles. The van der Waals surface area contributed by atoms with Crippen molar-refractivity contribution in [3.63, 3.8) is 0 Å². The molecular formula is C23H26F2N6O3. The molecule has 1 saturated heterocycles. The van der Waals surface area contributed by atoms with Gasteiger partial charge in [-0.3, -0.25) is 9.59 Å². The van der Waals surface area contributed by atoms with Crippen molar-refractivity contribution in [2.45, 2.75) is 25.4 Å². The third kappa shape index (κ3) is 5.08. The molecule has 1 unspecified atom stereocenters. The van der Waals surface area contributed by atoms with Crippen LogP contribution < -0.4 is 25.8 Å². The Balaban J connectivity index is 1.61. The molecule has 1 aliphatic heterocycles. The average Bonchev–Trinajstić information content (AvgIpc) is 3.06. The third-order valence-electron chi connectivity index (χ3n) is 5.76. The maximum atomic E-state index is 14.5. The molecule has 180 valence electrons. The lowest BCUT2D eigenvalue weighted by molar-refractivity contribution is -0.122. The Morgan fingerprint density at radius 2 is 2.09 bits per heavy atom. The molecule has 9 nitrogen and oxygen atoms in total. The molecule has 0 aliphatic carbocycles. The number of nitrogens with zero attached hydrogens (tertiary/aromatic N) is 4. The number of anilines is 3. The van der Waals surface area contributed by atoms with E-state index < -0.39 is 12.0 Å². The number of hydrogen-bond donors (Lipinski definition) is 2. The number of hydrogen-bond acceptors (Lipinski definition) is 7. The summed E-state index contributed by atoms with van der Waals surface area (Å²) >= 11 is 0. The molecule has 2 N–H and O–H groups in total. The molecule has 1 aromatic carbocycles. The molecule has 11 heteroatoms. The lowest BCUT2D eigenvalue weighted by atomic mass is 10.2. The molecule has 0 radical (unpaired) electrons. The van der Waals surface area contributed by atoms with Crippen molar-refractivity contribution in [3.05, 3.63) is 46.6 Å². The van der Waals surface area contributed by atoms with Crippen molar-refractivity contribution >= 4 is 34.3 Å². The summed E-state index contributed by atoms with van der Waals surface area (Å²) in [4.78, 5) is 34.3. The van der Waals surface area contributed by atoms with Crippen LogP contribution in [0.5, 0.6) is 5.75 Å². The van der Waals surface area contributed by atoms with E-state index in [0.29, 0.717) is 54.9 Å². The SMILES string of the molecule is CNC(=O)COc1cc2cc(Nc3nc(N4CCCC(F)CC4)ncc3F)ccc2n(C)c1=O. The molecule has 3 aromatic rings. The normalized spacial score (nSPS) is 16.2. The highest BCUT2D eigenvalue weighted by Gasteiger charge is 2.19. The number of carbonyl (C=O) groups is 1. The van der Waals surface area contributed by atoms with Gasteiger partial charge < -0.3 is 24.8 Å². The highest BCUT2D eigenvalue weighted by atomic mass is 19.1. The van der Waals surface area contributed by atoms with Gasteiger partial charge >= 0.3 is 0 Å². The maximum Gasteiger partial charge on any atom is 0.293 e. The fourth-order valence-electron chi connectivity index (χ4n) is 3.84. The number of amides is 1. The summed E-state index contributed by atoms with van der Waals surface area (Å²) in [6.07, 6.45) is 1.81. The largest absolute Gasteiger partial charge is 0.478 e. The zero-order chi connectivity index (χ0) is 24.2. The minimum atomic E-state index is -0.846. The molecule has 34 heavy (non-hydrogen) atoms. The zero-order valence-corrected chi connectivity index (χ0v) is 19.0. The van der Waals surface area contributed by atoms with E-state index in [1.807, 2.05) is 4.90 Å². The quantitative estimate of drug-likeness (QED) is 0.569. The number of pyridine rings is 1. The predicted octanol–water partition coefficient (Wildman–Crippen LogP) is 2.66. The number of alkyl halides is 1. The van der Waals surface area contributed by atoms with Crippen LogP contribution in [0.25, 0.3) is 10.9 Å². The number of rotatable bonds is 6.